The summed E-state index contributed by atoms with van der Waals surface area (Å²) in [4.78, 5) is 65.8. The van der Waals surface area contributed by atoms with Crippen molar-refractivity contribution in [2.24, 2.45) is 23.5 Å². The molecule has 4 fully saturated rings. The number of nitrogens with one attached hydrogen (secondary N) is 2. The first kappa shape index (κ1) is 42.7. The van der Waals surface area contributed by atoms with Crippen LogP contribution in [0.25, 0.3) is 22.2 Å². The Kier molecular flexibility index (Phi) is 11.9. The number of nitrogens with two attached hydrogens (primary N) is 1. The predicted molar refractivity (Wildman–Crippen MR) is 231 cm³/mol. The molecule has 0 radical (unpaired) electrons. The first-order valence-corrected chi connectivity index (χ1v) is 23.3. The van der Waals surface area contributed by atoms with Crippen molar-refractivity contribution in [3.05, 3.63) is 66.7 Å². The molecule has 6 atom stereocenters. The maximum atomic E-state index is 15.0. The van der Waals surface area contributed by atoms with Gasteiger partial charge in [0.25, 0.3) is 5.91 Å². The molecule has 61 heavy (non-hydrogen) atoms. The molecule has 2 saturated carbocycles. The molecular formula is C46H58N6O8S. The van der Waals surface area contributed by atoms with Crippen molar-refractivity contribution in [2.45, 2.75) is 113 Å². The van der Waals surface area contributed by atoms with Gasteiger partial charge in [-0.05, 0) is 76.8 Å². The highest BCUT2D eigenvalue weighted by atomic mass is 32.2. The molecule has 4 amide bonds. The summed E-state index contributed by atoms with van der Waals surface area (Å²) in [5.41, 5.74) is 6.67. The second kappa shape index (κ2) is 17.0. The highest BCUT2D eigenvalue weighted by molar-refractivity contribution is 7.91. The molecule has 2 aliphatic carbocycles. The van der Waals surface area contributed by atoms with Crippen LogP contribution in [0.3, 0.4) is 0 Å². The van der Waals surface area contributed by atoms with Gasteiger partial charge in [-0.25, -0.2) is 13.4 Å². The van der Waals surface area contributed by atoms with Crippen molar-refractivity contribution < 1.29 is 37.1 Å². The maximum Gasteiger partial charge on any atom is 0.259 e. The average molecular weight is 855 g/mol. The monoisotopic (exact) mass is 854 g/mol. The number of fused-ring (bicyclic) bond motifs is 3. The fourth-order valence-corrected chi connectivity index (χ4v) is 10.6. The Morgan fingerprint density at radius 1 is 1.02 bits per heavy atom. The molecule has 0 bridgehead atoms. The number of likely N-dealkylation sites (tertiary alicyclic amines) is 1. The fraction of sp³-hybridized carbons (Fsp3) is 0.543. The van der Waals surface area contributed by atoms with Gasteiger partial charge in [-0.3, -0.25) is 23.9 Å². The van der Waals surface area contributed by atoms with Gasteiger partial charge in [0, 0.05) is 66.4 Å². The predicted octanol–water partition coefficient (Wildman–Crippen LogP) is 4.85. The van der Waals surface area contributed by atoms with Crippen molar-refractivity contribution in [1.29, 1.82) is 0 Å². The zero-order chi connectivity index (χ0) is 43.1. The first-order valence-electron chi connectivity index (χ1n) is 21.8. The van der Waals surface area contributed by atoms with Gasteiger partial charge >= 0.3 is 0 Å². The summed E-state index contributed by atoms with van der Waals surface area (Å²) in [6, 6.07) is 16.0. The summed E-state index contributed by atoms with van der Waals surface area (Å²) in [6.45, 7) is 5.09. The molecule has 14 nitrogen and oxygen atoms in total. The second-order valence-electron chi connectivity index (χ2n) is 18.3. The number of amides is 4. The second-order valence-corrected chi connectivity index (χ2v) is 20.3. The van der Waals surface area contributed by atoms with E-state index < -0.39 is 62.1 Å². The smallest absolute Gasteiger partial charge is 0.259 e. The van der Waals surface area contributed by atoms with Gasteiger partial charge < -0.3 is 30.3 Å². The van der Waals surface area contributed by atoms with Gasteiger partial charge in [0.15, 0.2) is 0 Å². The lowest BCUT2D eigenvalue weighted by atomic mass is 9.88. The van der Waals surface area contributed by atoms with E-state index in [0.717, 1.165) is 31.2 Å². The number of allylic oxidation sites excluding steroid dienone is 1. The van der Waals surface area contributed by atoms with Crippen LogP contribution in [0.4, 0.5) is 0 Å². The zero-order valence-corrected chi connectivity index (χ0v) is 36.1. The number of hydrogen-bond acceptors (Lipinski definition) is 10. The van der Waals surface area contributed by atoms with E-state index in [0.29, 0.717) is 66.9 Å². The van der Waals surface area contributed by atoms with Crippen molar-refractivity contribution in [1.82, 2.24) is 24.8 Å². The Hall–Kier alpha value is -5.02. The number of methoxy groups -OCH3 is 1. The summed E-state index contributed by atoms with van der Waals surface area (Å²) >= 11 is 0. The largest absolute Gasteiger partial charge is 0.497 e. The third kappa shape index (κ3) is 9.28. The summed E-state index contributed by atoms with van der Waals surface area (Å²) in [7, 11) is -2.31. The van der Waals surface area contributed by atoms with E-state index >= 15 is 0 Å². The van der Waals surface area contributed by atoms with Gasteiger partial charge in [-0.2, -0.15) is 0 Å². The lowest BCUT2D eigenvalue weighted by Gasteiger charge is -2.30. The van der Waals surface area contributed by atoms with E-state index in [-0.39, 0.29) is 43.5 Å². The number of aromatic nitrogens is 1. The average Bonchev–Trinajstić information content (AvgIpc) is 4.11. The minimum absolute atomic E-state index is 0.00246. The minimum atomic E-state index is -3.90. The number of hydrogen-bond donors (Lipinski definition) is 3. The Labute approximate surface area is 358 Å². The molecule has 4 heterocycles. The van der Waals surface area contributed by atoms with Crippen LogP contribution in [0.5, 0.6) is 11.5 Å². The Morgan fingerprint density at radius 3 is 2.52 bits per heavy atom. The molecule has 326 valence electrons. The van der Waals surface area contributed by atoms with Gasteiger partial charge in [0.05, 0.1) is 30.1 Å². The third-order valence-corrected chi connectivity index (χ3v) is 15.1. The summed E-state index contributed by atoms with van der Waals surface area (Å²) in [5.74, 6) is -1.61. The van der Waals surface area contributed by atoms with Gasteiger partial charge in [-0.1, -0.05) is 55.3 Å². The Bertz CT molecular complexity index is 2310. The van der Waals surface area contributed by atoms with Crippen molar-refractivity contribution >= 4 is 44.6 Å². The third-order valence-electron chi connectivity index (χ3n) is 13.3. The number of pyridine rings is 1. The van der Waals surface area contributed by atoms with E-state index in [1.165, 1.54) is 4.90 Å². The number of carbonyl (C=O) groups is 4. The first-order chi connectivity index (χ1) is 29.1. The minimum Gasteiger partial charge on any atom is -0.497 e. The van der Waals surface area contributed by atoms with Crippen LogP contribution in [-0.2, 0) is 29.2 Å². The van der Waals surface area contributed by atoms with Crippen molar-refractivity contribution in [3.63, 3.8) is 0 Å². The molecule has 5 aliphatic rings. The number of carbonyl (C=O) groups excluding carboxylic acids is 4. The van der Waals surface area contributed by atoms with E-state index in [4.69, 9.17) is 20.2 Å². The summed E-state index contributed by atoms with van der Waals surface area (Å²) in [5, 5.41) is 3.05. The normalized spacial score (nSPS) is 27.4. The summed E-state index contributed by atoms with van der Waals surface area (Å²) < 4.78 is 40.5. The highest BCUT2D eigenvalue weighted by Crippen LogP contribution is 2.46. The fourth-order valence-electron chi connectivity index (χ4n) is 9.25. The topological polar surface area (TPSA) is 190 Å². The Morgan fingerprint density at radius 2 is 1.80 bits per heavy atom. The molecule has 1 aromatic heterocycles. The van der Waals surface area contributed by atoms with Crippen LogP contribution in [0.1, 0.15) is 84.5 Å². The lowest BCUT2D eigenvalue weighted by molar-refractivity contribution is -0.145. The van der Waals surface area contributed by atoms with Gasteiger partial charge in [0.1, 0.15) is 29.2 Å². The van der Waals surface area contributed by atoms with E-state index in [9.17, 15) is 27.6 Å². The number of rotatable bonds is 10. The van der Waals surface area contributed by atoms with Crippen LogP contribution in [0.2, 0.25) is 0 Å². The quantitative estimate of drug-likeness (QED) is 0.238. The van der Waals surface area contributed by atoms with Crippen LogP contribution < -0.4 is 25.2 Å². The van der Waals surface area contributed by atoms with E-state index in [1.54, 1.807) is 7.11 Å². The molecule has 0 unspecified atom stereocenters. The number of benzene rings is 2. The highest BCUT2D eigenvalue weighted by Gasteiger charge is 2.62. The van der Waals surface area contributed by atoms with Crippen LogP contribution in [-0.4, -0.2) is 102 Å². The van der Waals surface area contributed by atoms with Gasteiger partial charge in [0.2, 0.25) is 27.7 Å². The van der Waals surface area contributed by atoms with Crippen LogP contribution >= 0.6 is 0 Å². The molecule has 15 heteroatoms. The van der Waals surface area contributed by atoms with Gasteiger partial charge in [-0.15, -0.1) is 0 Å². The molecule has 3 aromatic rings. The van der Waals surface area contributed by atoms with Crippen LogP contribution in [0, 0.1) is 17.8 Å². The molecule has 8 rings (SSSR count). The molecular weight excluding hydrogens is 797 g/mol. The Balaban J connectivity index is 1.12. The lowest BCUT2D eigenvalue weighted by Crippen LogP contribution is -2.57. The van der Waals surface area contributed by atoms with Crippen molar-refractivity contribution in [3.8, 4) is 22.8 Å². The number of sulfonamides is 1. The molecule has 4 N–H and O–H groups in total. The summed E-state index contributed by atoms with van der Waals surface area (Å²) in [6.07, 6.45) is 8.84. The number of ether oxygens (including phenoxy) is 2. The SMILES string of the molecule is COc1ccc2c(O[C@@H]3C[C@H]4C(=O)N[C@]5(C(=O)NS(=O)(=O)C6CC6)C[C@H]5C=CCCCCC[C@H](CC(=O)N5CC[C@H](C(C)(C)N)C5)C(=O)N4C3)cc(-c3ccccc3)nc2c1. The zero-order valence-electron chi connectivity index (χ0n) is 35.3. The molecule has 3 aliphatic heterocycles. The van der Waals surface area contributed by atoms with Crippen molar-refractivity contribution in [2.75, 3.05) is 26.7 Å². The standard InChI is InChI=1S/C46H58N6O8S/c1-45(2,47)32-20-21-51(27-32)41(53)22-30-14-8-5-4-6-11-15-31-26-46(31,44(56)50-61(57,58)35-17-18-35)49-42(54)39-24-34(28-52(39)43(30)55)60-40-25-37(29-12-9-7-10-13-29)48-38-23-33(59-3)16-19-36(38)40/h7,9-13,15-16,19,23,25,30-32,34-35,39H,4-6,8,14,17-18,20-22,24,26-28,47H2,1-3H3,(H,49,54)(H,50,56)/t30-,31-,32+,34-,39+,46-/m1/s1. The number of nitrogens with zero attached hydrogens (tertiary/aromatic N) is 3. The molecule has 2 aromatic carbocycles. The maximum absolute atomic E-state index is 15.0. The molecule has 0 spiro atoms. The van der Waals surface area contributed by atoms with E-state index in [2.05, 4.69) is 10.0 Å². The van der Waals surface area contributed by atoms with Crippen LogP contribution in [0.15, 0.2) is 66.7 Å². The van der Waals surface area contributed by atoms with E-state index in [1.807, 2.05) is 85.5 Å². The molecule has 2 saturated heterocycles.